The smallest absolute Gasteiger partial charge is 0.252 e. The van der Waals surface area contributed by atoms with E-state index >= 15 is 0 Å². The average molecular weight is 418 g/mol. The van der Waals surface area contributed by atoms with Gasteiger partial charge in [0, 0.05) is 23.7 Å². The summed E-state index contributed by atoms with van der Waals surface area (Å²) in [5.74, 6) is -1.05. The van der Waals surface area contributed by atoms with E-state index < -0.39 is 11.7 Å². The summed E-state index contributed by atoms with van der Waals surface area (Å²) in [6, 6.07) is 5.64. The number of carbonyl (C=O) groups excluding carboxylic acids is 1. The van der Waals surface area contributed by atoms with Crippen molar-refractivity contribution in [1.82, 2.24) is 4.98 Å². The van der Waals surface area contributed by atoms with Crippen molar-refractivity contribution in [1.29, 1.82) is 0 Å². The van der Waals surface area contributed by atoms with Crippen LogP contribution >= 0.6 is 11.6 Å². The Morgan fingerprint density at radius 2 is 2.00 bits per heavy atom. The summed E-state index contributed by atoms with van der Waals surface area (Å²) in [7, 11) is 1.42. The summed E-state index contributed by atoms with van der Waals surface area (Å²) in [6.07, 6.45) is 3.10. The summed E-state index contributed by atoms with van der Waals surface area (Å²) in [5.41, 5.74) is 11.9. The molecule has 0 radical (unpaired) electrons. The number of halogens is 2. The standard InChI is InChI=1S/C20H17ClFN3O4/c1-27-16-8-14-10(6-11(16)20(24)26)15(4-5-25-14)29-18-12(22)7-13(23)17(21)19(18)28-9-2-3-9/h4-9H,2-3,23H2,1H3,(H2,24,26). The zero-order valence-electron chi connectivity index (χ0n) is 15.4. The summed E-state index contributed by atoms with van der Waals surface area (Å²) in [6.45, 7) is 0. The fraction of sp³-hybridized carbons (Fsp3) is 0.200. The van der Waals surface area contributed by atoms with Crippen LogP contribution in [-0.2, 0) is 0 Å². The van der Waals surface area contributed by atoms with Crippen LogP contribution in [0.5, 0.6) is 23.0 Å². The zero-order chi connectivity index (χ0) is 20.7. The average Bonchev–Trinajstić information content (AvgIpc) is 3.51. The van der Waals surface area contributed by atoms with Crippen LogP contribution in [-0.4, -0.2) is 24.1 Å². The van der Waals surface area contributed by atoms with Crippen molar-refractivity contribution in [2.45, 2.75) is 18.9 Å². The Balaban J connectivity index is 1.85. The first-order valence-corrected chi connectivity index (χ1v) is 9.15. The number of ether oxygens (including phenoxy) is 3. The highest BCUT2D eigenvalue weighted by molar-refractivity contribution is 6.34. The van der Waals surface area contributed by atoms with Crippen molar-refractivity contribution in [2.75, 3.05) is 12.8 Å². The van der Waals surface area contributed by atoms with Gasteiger partial charge >= 0.3 is 0 Å². The third kappa shape index (κ3) is 3.58. The quantitative estimate of drug-likeness (QED) is 0.585. The van der Waals surface area contributed by atoms with Crippen LogP contribution in [0.15, 0.2) is 30.5 Å². The van der Waals surface area contributed by atoms with E-state index in [-0.39, 0.29) is 45.4 Å². The van der Waals surface area contributed by atoms with Crippen LogP contribution in [0.25, 0.3) is 10.9 Å². The number of aromatic nitrogens is 1. The molecule has 3 aromatic rings. The molecule has 1 saturated carbocycles. The van der Waals surface area contributed by atoms with E-state index in [1.165, 1.54) is 25.4 Å². The van der Waals surface area contributed by atoms with Gasteiger partial charge in [-0.1, -0.05) is 11.6 Å². The second kappa shape index (κ2) is 7.29. The number of hydrogen-bond donors (Lipinski definition) is 2. The van der Waals surface area contributed by atoms with E-state index in [2.05, 4.69) is 4.98 Å². The molecule has 2 aromatic carbocycles. The van der Waals surface area contributed by atoms with Crippen molar-refractivity contribution in [3.8, 4) is 23.0 Å². The summed E-state index contributed by atoms with van der Waals surface area (Å²) in [4.78, 5) is 16.0. The number of benzene rings is 2. The van der Waals surface area contributed by atoms with Crippen molar-refractivity contribution >= 4 is 34.1 Å². The minimum atomic E-state index is -0.726. The number of nitrogens with zero attached hydrogens (tertiary/aromatic N) is 1. The normalized spacial score (nSPS) is 13.3. The number of fused-ring (bicyclic) bond motifs is 1. The lowest BCUT2D eigenvalue weighted by molar-refractivity contribution is 0.0997. The number of hydrogen-bond acceptors (Lipinski definition) is 6. The molecular formula is C20H17ClFN3O4. The minimum Gasteiger partial charge on any atom is -0.496 e. The second-order valence-electron chi connectivity index (χ2n) is 6.58. The molecule has 1 fully saturated rings. The maximum absolute atomic E-state index is 14.7. The molecule has 0 atom stereocenters. The molecule has 29 heavy (non-hydrogen) atoms. The van der Waals surface area contributed by atoms with Gasteiger partial charge in [0.05, 0.1) is 30.0 Å². The number of pyridine rings is 1. The van der Waals surface area contributed by atoms with Crippen LogP contribution in [0.2, 0.25) is 5.02 Å². The predicted octanol–water partition coefficient (Wildman–Crippen LogP) is 4.05. The fourth-order valence-corrected chi connectivity index (χ4v) is 3.05. The molecule has 4 N–H and O–H groups in total. The number of amides is 1. The van der Waals surface area contributed by atoms with Crippen molar-refractivity contribution in [2.24, 2.45) is 5.73 Å². The number of anilines is 1. The Kier molecular flexibility index (Phi) is 4.79. The summed E-state index contributed by atoms with van der Waals surface area (Å²) < 4.78 is 31.5. The van der Waals surface area contributed by atoms with Crippen LogP contribution in [0, 0.1) is 5.82 Å². The molecule has 1 aliphatic rings. The van der Waals surface area contributed by atoms with Gasteiger partial charge in [0.1, 0.15) is 16.5 Å². The highest BCUT2D eigenvalue weighted by atomic mass is 35.5. The van der Waals surface area contributed by atoms with E-state index in [1.54, 1.807) is 6.07 Å². The molecule has 4 rings (SSSR count). The third-order valence-corrected chi connectivity index (χ3v) is 4.86. The van der Waals surface area contributed by atoms with Gasteiger partial charge in [-0.15, -0.1) is 0 Å². The Labute approximate surface area is 170 Å². The maximum Gasteiger partial charge on any atom is 0.252 e. The molecule has 0 bridgehead atoms. The van der Waals surface area contributed by atoms with Crippen molar-refractivity contribution in [3.63, 3.8) is 0 Å². The van der Waals surface area contributed by atoms with E-state index in [1.807, 2.05) is 0 Å². The van der Waals surface area contributed by atoms with E-state index in [4.69, 9.17) is 37.3 Å². The lowest BCUT2D eigenvalue weighted by atomic mass is 10.1. The van der Waals surface area contributed by atoms with Crippen molar-refractivity contribution in [3.05, 3.63) is 46.9 Å². The minimum absolute atomic E-state index is 0.0419. The molecule has 0 unspecified atom stereocenters. The van der Waals surface area contributed by atoms with Gasteiger partial charge in [-0.05, 0) is 25.0 Å². The highest BCUT2D eigenvalue weighted by Crippen LogP contribution is 2.46. The lowest BCUT2D eigenvalue weighted by Gasteiger charge is -2.17. The van der Waals surface area contributed by atoms with E-state index in [9.17, 15) is 9.18 Å². The molecule has 0 aliphatic heterocycles. The second-order valence-corrected chi connectivity index (χ2v) is 6.96. The number of nitrogen functional groups attached to an aromatic ring is 1. The monoisotopic (exact) mass is 417 g/mol. The lowest BCUT2D eigenvalue weighted by Crippen LogP contribution is -2.12. The molecule has 0 spiro atoms. The Morgan fingerprint density at radius 3 is 2.66 bits per heavy atom. The largest absolute Gasteiger partial charge is 0.496 e. The van der Waals surface area contributed by atoms with E-state index in [0.29, 0.717) is 10.9 Å². The topological polar surface area (TPSA) is 110 Å². The van der Waals surface area contributed by atoms with Crippen molar-refractivity contribution < 1.29 is 23.4 Å². The van der Waals surface area contributed by atoms with Crippen LogP contribution in [0.4, 0.5) is 10.1 Å². The molecule has 1 amide bonds. The molecule has 150 valence electrons. The third-order valence-electron chi connectivity index (χ3n) is 4.47. The van der Waals surface area contributed by atoms with E-state index in [0.717, 1.165) is 18.9 Å². The zero-order valence-corrected chi connectivity index (χ0v) is 16.1. The van der Waals surface area contributed by atoms with Gasteiger partial charge in [0.2, 0.25) is 5.75 Å². The van der Waals surface area contributed by atoms with Gasteiger partial charge < -0.3 is 25.7 Å². The molecule has 0 saturated heterocycles. The van der Waals surface area contributed by atoms with Gasteiger partial charge in [-0.25, -0.2) is 4.39 Å². The highest BCUT2D eigenvalue weighted by Gasteiger charge is 2.29. The fourth-order valence-electron chi connectivity index (χ4n) is 2.87. The number of rotatable bonds is 6. The maximum atomic E-state index is 14.7. The first kappa shape index (κ1) is 19.1. The molecule has 1 aromatic heterocycles. The Morgan fingerprint density at radius 1 is 1.24 bits per heavy atom. The van der Waals surface area contributed by atoms with Crippen LogP contribution < -0.4 is 25.7 Å². The van der Waals surface area contributed by atoms with Gasteiger partial charge in [-0.2, -0.15) is 0 Å². The van der Waals surface area contributed by atoms with Crippen LogP contribution in [0.1, 0.15) is 23.2 Å². The summed E-state index contributed by atoms with van der Waals surface area (Å²) in [5, 5.41) is 0.512. The molecule has 7 nitrogen and oxygen atoms in total. The number of nitrogens with two attached hydrogens (primary N) is 2. The Bertz CT molecular complexity index is 1130. The van der Waals surface area contributed by atoms with Crippen LogP contribution in [0.3, 0.4) is 0 Å². The molecule has 1 heterocycles. The first-order valence-electron chi connectivity index (χ1n) is 8.77. The molecular weight excluding hydrogens is 401 g/mol. The van der Waals surface area contributed by atoms with Gasteiger partial charge in [0.25, 0.3) is 5.91 Å². The predicted molar refractivity (Wildman–Crippen MR) is 106 cm³/mol. The summed E-state index contributed by atoms with van der Waals surface area (Å²) >= 11 is 6.25. The van der Waals surface area contributed by atoms with Gasteiger partial charge in [0.15, 0.2) is 11.6 Å². The molecule has 9 heteroatoms. The number of methoxy groups -OCH3 is 1. The first-order chi connectivity index (χ1) is 13.9. The molecule has 1 aliphatic carbocycles. The Hall–Kier alpha value is -3.26. The number of primary amides is 1. The number of carbonyl (C=O) groups is 1. The SMILES string of the molecule is COc1cc2nccc(Oc3c(F)cc(N)c(Cl)c3OC3CC3)c2cc1C(N)=O. The van der Waals surface area contributed by atoms with Gasteiger partial charge in [-0.3, -0.25) is 9.78 Å².